The second-order valence-corrected chi connectivity index (χ2v) is 3.65. The van der Waals surface area contributed by atoms with Crippen LogP contribution < -0.4 is 10.6 Å². The smallest absolute Gasteiger partial charge is 0.237 e. The average molecular weight is 234 g/mol. The predicted molar refractivity (Wildman–Crippen MR) is 64.5 cm³/mol. The Morgan fingerprint density at radius 3 is 3.00 bits per heavy atom. The molecule has 17 heavy (non-hydrogen) atoms. The van der Waals surface area contributed by atoms with Gasteiger partial charge >= 0.3 is 0 Å². The Balaban J connectivity index is 2.40. The Morgan fingerprint density at radius 2 is 2.35 bits per heavy atom. The summed E-state index contributed by atoms with van der Waals surface area (Å²) in [6.45, 7) is 2.37. The van der Waals surface area contributed by atoms with E-state index in [4.69, 9.17) is 6.42 Å². The average Bonchev–Trinajstić information content (AvgIpc) is 2.33. The largest absolute Gasteiger partial charge is 0.344 e. The van der Waals surface area contributed by atoms with E-state index >= 15 is 0 Å². The third kappa shape index (κ3) is 4.66. The van der Waals surface area contributed by atoms with E-state index in [9.17, 15) is 9.18 Å². The van der Waals surface area contributed by atoms with E-state index < -0.39 is 0 Å². The van der Waals surface area contributed by atoms with Gasteiger partial charge in [-0.1, -0.05) is 18.1 Å². The predicted octanol–water partition coefficient (Wildman–Crippen LogP) is 1.05. The van der Waals surface area contributed by atoms with Crippen LogP contribution in [0, 0.1) is 18.2 Å². The molecule has 90 valence electrons. The maximum absolute atomic E-state index is 12.9. The number of hydrogen-bond donors (Lipinski definition) is 2. The van der Waals surface area contributed by atoms with Gasteiger partial charge in [-0.05, 0) is 24.6 Å². The highest BCUT2D eigenvalue weighted by atomic mass is 19.1. The minimum Gasteiger partial charge on any atom is -0.344 e. The Morgan fingerprint density at radius 1 is 1.59 bits per heavy atom. The Hall–Kier alpha value is -1.86. The van der Waals surface area contributed by atoms with Crippen molar-refractivity contribution < 1.29 is 9.18 Å². The molecule has 0 fully saturated rings. The standard InChI is InChI=1S/C13H15FN2O/c1-3-7-15-13(17)10(2)16-9-11-5-4-6-12(14)8-11/h1,4-6,8,10,16H,7,9H2,2H3,(H,15,17). The molecule has 1 aromatic carbocycles. The molecule has 0 aromatic heterocycles. The fourth-order valence-corrected chi connectivity index (χ4v) is 1.30. The number of terminal acetylenes is 1. The van der Waals surface area contributed by atoms with Crippen LogP contribution in [0.1, 0.15) is 12.5 Å². The third-order valence-electron chi connectivity index (χ3n) is 2.26. The Bertz CT molecular complexity index is 426. The van der Waals surface area contributed by atoms with Gasteiger partial charge < -0.3 is 10.6 Å². The summed E-state index contributed by atoms with van der Waals surface area (Å²) < 4.78 is 12.9. The summed E-state index contributed by atoms with van der Waals surface area (Å²) in [6, 6.07) is 5.87. The Kier molecular flexibility index (Phi) is 5.18. The van der Waals surface area contributed by atoms with Crippen molar-refractivity contribution >= 4 is 5.91 Å². The summed E-state index contributed by atoms with van der Waals surface area (Å²) in [5, 5.41) is 5.56. The molecule has 0 saturated heterocycles. The maximum Gasteiger partial charge on any atom is 0.237 e. The molecule has 0 saturated carbocycles. The van der Waals surface area contributed by atoms with E-state index in [1.807, 2.05) is 0 Å². The molecule has 0 heterocycles. The minimum atomic E-state index is -0.369. The van der Waals surface area contributed by atoms with Crippen molar-refractivity contribution in [3.05, 3.63) is 35.6 Å². The quantitative estimate of drug-likeness (QED) is 0.748. The highest BCUT2D eigenvalue weighted by Gasteiger charge is 2.10. The van der Waals surface area contributed by atoms with Crippen molar-refractivity contribution in [2.45, 2.75) is 19.5 Å². The zero-order chi connectivity index (χ0) is 12.7. The summed E-state index contributed by atoms with van der Waals surface area (Å²) in [7, 11) is 0. The molecule has 1 unspecified atom stereocenters. The molecule has 1 amide bonds. The van der Waals surface area contributed by atoms with Crippen molar-refractivity contribution in [2.75, 3.05) is 6.54 Å². The van der Waals surface area contributed by atoms with Gasteiger partial charge in [-0.2, -0.15) is 0 Å². The molecular formula is C13H15FN2O. The highest BCUT2D eigenvalue weighted by molar-refractivity contribution is 5.81. The highest BCUT2D eigenvalue weighted by Crippen LogP contribution is 2.03. The number of nitrogens with one attached hydrogen (secondary N) is 2. The lowest BCUT2D eigenvalue weighted by molar-refractivity contribution is -0.122. The van der Waals surface area contributed by atoms with Gasteiger partial charge in [0.25, 0.3) is 0 Å². The summed E-state index contributed by atoms with van der Waals surface area (Å²) in [4.78, 5) is 11.4. The topological polar surface area (TPSA) is 41.1 Å². The summed E-state index contributed by atoms with van der Waals surface area (Å²) in [5.41, 5.74) is 0.793. The minimum absolute atomic E-state index is 0.167. The normalized spacial score (nSPS) is 11.6. The first-order chi connectivity index (χ1) is 8.13. The van der Waals surface area contributed by atoms with E-state index in [2.05, 4.69) is 16.6 Å². The molecule has 1 rings (SSSR count). The van der Waals surface area contributed by atoms with Crippen LogP contribution in [0.5, 0.6) is 0 Å². The first-order valence-corrected chi connectivity index (χ1v) is 5.32. The van der Waals surface area contributed by atoms with Crippen LogP contribution >= 0.6 is 0 Å². The van der Waals surface area contributed by atoms with Crippen LogP contribution in [0.15, 0.2) is 24.3 Å². The molecule has 1 atom stereocenters. The summed E-state index contributed by atoms with van der Waals surface area (Å²) >= 11 is 0. The SMILES string of the molecule is C#CCNC(=O)C(C)NCc1cccc(F)c1. The molecule has 1 aromatic rings. The molecule has 0 spiro atoms. The Labute approximate surface area is 100 Å². The van der Waals surface area contributed by atoms with E-state index in [-0.39, 0.29) is 24.3 Å². The third-order valence-corrected chi connectivity index (χ3v) is 2.26. The second-order valence-electron chi connectivity index (χ2n) is 3.65. The van der Waals surface area contributed by atoms with Gasteiger partial charge in [0, 0.05) is 6.54 Å². The monoisotopic (exact) mass is 234 g/mol. The van der Waals surface area contributed by atoms with Crippen molar-refractivity contribution in [1.29, 1.82) is 0 Å². The molecule has 0 aliphatic heterocycles. The number of halogens is 1. The van der Waals surface area contributed by atoms with E-state index in [0.29, 0.717) is 6.54 Å². The van der Waals surface area contributed by atoms with Crippen molar-refractivity contribution in [1.82, 2.24) is 10.6 Å². The van der Waals surface area contributed by atoms with Crippen LogP contribution in [0.25, 0.3) is 0 Å². The number of hydrogen-bond acceptors (Lipinski definition) is 2. The van der Waals surface area contributed by atoms with E-state index in [1.165, 1.54) is 12.1 Å². The zero-order valence-corrected chi connectivity index (χ0v) is 9.66. The van der Waals surface area contributed by atoms with Crippen molar-refractivity contribution in [2.24, 2.45) is 0 Å². The van der Waals surface area contributed by atoms with Crippen LogP contribution in [-0.2, 0) is 11.3 Å². The first-order valence-electron chi connectivity index (χ1n) is 5.32. The molecule has 0 bridgehead atoms. The lowest BCUT2D eigenvalue weighted by Gasteiger charge is -2.12. The van der Waals surface area contributed by atoms with Crippen LogP contribution in [0.4, 0.5) is 4.39 Å². The molecule has 4 heteroatoms. The number of carbonyl (C=O) groups is 1. The molecule has 3 nitrogen and oxygen atoms in total. The van der Waals surface area contributed by atoms with E-state index in [1.54, 1.807) is 19.1 Å². The number of rotatable bonds is 5. The van der Waals surface area contributed by atoms with Crippen LogP contribution in [0.2, 0.25) is 0 Å². The first kappa shape index (κ1) is 13.2. The summed E-state index contributed by atoms with van der Waals surface area (Å²) in [5.74, 6) is 1.87. The fourth-order valence-electron chi connectivity index (χ4n) is 1.30. The number of carbonyl (C=O) groups excluding carboxylic acids is 1. The lowest BCUT2D eigenvalue weighted by atomic mass is 10.2. The van der Waals surface area contributed by atoms with E-state index in [0.717, 1.165) is 5.56 Å². The van der Waals surface area contributed by atoms with Gasteiger partial charge in [-0.3, -0.25) is 4.79 Å². The zero-order valence-electron chi connectivity index (χ0n) is 9.66. The lowest BCUT2D eigenvalue weighted by Crippen LogP contribution is -2.41. The summed E-state index contributed by atoms with van der Waals surface area (Å²) in [6.07, 6.45) is 5.03. The van der Waals surface area contributed by atoms with Crippen molar-refractivity contribution in [3.8, 4) is 12.3 Å². The molecule has 2 N–H and O–H groups in total. The second kappa shape index (κ2) is 6.66. The maximum atomic E-state index is 12.9. The van der Waals surface area contributed by atoms with Gasteiger partial charge in [0.05, 0.1) is 12.6 Å². The molecule has 0 aliphatic rings. The van der Waals surface area contributed by atoms with Gasteiger partial charge in [-0.15, -0.1) is 6.42 Å². The molecule has 0 aliphatic carbocycles. The van der Waals surface area contributed by atoms with Gasteiger partial charge in [0.1, 0.15) is 5.82 Å². The van der Waals surface area contributed by atoms with Gasteiger partial charge in [-0.25, -0.2) is 4.39 Å². The van der Waals surface area contributed by atoms with Gasteiger partial charge in [0.2, 0.25) is 5.91 Å². The van der Waals surface area contributed by atoms with Crippen molar-refractivity contribution in [3.63, 3.8) is 0 Å². The van der Waals surface area contributed by atoms with Gasteiger partial charge in [0.15, 0.2) is 0 Å². The molecule has 0 radical (unpaired) electrons. The molecular weight excluding hydrogens is 219 g/mol. The number of benzene rings is 1. The van der Waals surface area contributed by atoms with Crippen LogP contribution in [0.3, 0.4) is 0 Å². The fraction of sp³-hybridized carbons (Fsp3) is 0.308. The van der Waals surface area contributed by atoms with Crippen LogP contribution in [-0.4, -0.2) is 18.5 Å². The number of amides is 1.